The monoisotopic (exact) mass is 193 g/mol. The van der Waals surface area contributed by atoms with E-state index in [1.165, 1.54) is 11.3 Å². The summed E-state index contributed by atoms with van der Waals surface area (Å²) in [5, 5.41) is 3.79. The normalized spacial score (nSPS) is 8.38. The molecule has 0 aliphatic heterocycles. The molecule has 0 aromatic carbocycles. The molecule has 66 valence electrons. The van der Waals surface area contributed by atoms with E-state index >= 15 is 0 Å². The molecule has 0 bridgehead atoms. The van der Waals surface area contributed by atoms with E-state index in [1.807, 2.05) is 6.92 Å². The van der Waals surface area contributed by atoms with Gasteiger partial charge in [-0.1, -0.05) is 28.3 Å². The predicted molar refractivity (Wildman–Crippen MR) is 52.2 cm³/mol. The van der Waals surface area contributed by atoms with E-state index in [-0.39, 0.29) is 6.54 Å². The summed E-state index contributed by atoms with van der Waals surface area (Å²) < 4.78 is 0. The summed E-state index contributed by atoms with van der Waals surface area (Å²) in [6, 6.07) is 0. The van der Waals surface area contributed by atoms with Gasteiger partial charge in [0.25, 0.3) is 0 Å². The second-order valence-corrected chi connectivity index (χ2v) is 3.19. The summed E-state index contributed by atoms with van der Waals surface area (Å²) in [6.07, 6.45) is 0. The Hall–Kier alpha value is -1.70. The molecular formula is C7H7N5S. The van der Waals surface area contributed by atoms with Crippen LogP contribution in [-0.2, 0) is 0 Å². The van der Waals surface area contributed by atoms with E-state index in [0.29, 0.717) is 5.13 Å². The third kappa shape index (κ3) is 2.67. The lowest BCUT2D eigenvalue weighted by molar-refractivity contribution is 1.24. The largest absolute Gasteiger partial charge is 0.375 e. The maximum Gasteiger partial charge on any atom is 0.181 e. The lowest BCUT2D eigenvalue weighted by Gasteiger charge is -1.79. The summed E-state index contributed by atoms with van der Waals surface area (Å²) in [4.78, 5) is 7.41. The molecule has 0 saturated carbocycles. The number of hydrogen-bond donors (Lipinski definition) is 1. The Morgan fingerprint density at radius 2 is 2.54 bits per heavy atom. The van der Waals surface area contributed by atoms with Gasteiger partial charge in [0.15, 0.2) is 5.13 Å². The molecule has 0 fully saturated rings. The molecule has 1 aromatic rings. The van der Waals surface area contributed by atoms with Crippen molar-refractivity contribution in [1.82, 2.24) is 4.98 Å². The number of anilines is 1. The Bertz CT molecular complexity index is 404. The van der Waals surface area contributed by atoms with Crippen LogP contribution in [-0.4, -0.2) is 11.5 Å². The first-order valence-corrected chi connectivity index (χ1v) is 4.28. The fraction of sp³-hybridized carbons (Fsp3) is 0.286. The molecule has 2 N–H and O–H groups in total. The number of thiazole rings is 1. The summed E-state index contributed by atoms with van der Waals surface area (Å²) >= 11 is 1.33. The lowest BCUT2D eigenvalue weighted by atomic mass is 10.4. The van der Waals surface area contributed by atoms with Gasteiger partial charge in [0.1, 0.15) is 4.88 Å². The molecule has 0 spiro atoms. The first kappa shape index (κ1) is 9.39. The fourth-order valence-corrected chi connectivity index (χ4v) is 1.43. The van der Waals surface area contributed by atoms with E-state index < -0.39 is 0 Å². The van der Waals surface area contributed by atoms with Crippen LogP contribution in [0.3, 0.4) is 0 Å². The zero-order chi connectivity index (χ0) is 9.68. The van der Waals surface area contributed by atoms with Gasteiger partial charge in [-0.05, 0) is 12.5 Å². The molecule has 0 unspecified atom stereocenters. The Labute approximate surface area is 79.2 Å². The summed E-state index contributed by atoms with van der Waals surface area (Å²) in [6.45, 7) is 2.01. The molecule has 0 aliphatic rings. The maximum absolute atomic E-state index is 7.98. The van der Waals surface area contributed by atoms with Crippen LogP contribution in [0.25, 0.3) is 10.4 Å². The quantitative estimate of drug-likeness (QED) is 0.318. The van der Waals surface area contributed by atoms with Crippen LogP contribution in [0, 0.1) is 18.8 Å². The Kier molecular flexibility index (Phi) is 3.15. The number of nitrogens with two attached hydrogens (primary N) is 1. The third-order valence-corrected chi connectivity index (χ3v) is 2.13. The number of aromatic nitrogens is 1. The van der Waals surface area contributed by atoms with Crippen molar-refractivity contribution in [2.75, 3.05) is 12.3 Å². The van der Waals surface area contributed by atoms with Gasteiger partial charge < -0.3 is 5.73 Å². The van der Waals surface area contributed by atoms with Crippen molar-refractivity contribution in [2.45, 2.75) is 6.92 Å². The number of aryl methyl sites for hydroxylation is 1. The van der Waals surface area contributed by atoms with E-state index in [1.54, 1.807) is 0 Å². The van der Waals surface area contributed by atoms with Crippen LogP contribution in [0.1, 0.15) is 10.6 Å². The van der Waals surface area contributed by atoms with Gasteiger partial charge >= 0.3 is 0 Å². The topological polar surface area (TPSA) is 87.7 Å². The van der Waals surface area contributed by atoms with Crippen molar-refractivity contribution in [2.24, 2.45) is 5.11 Å². The highest BCUT2D eigenvalue weighted by Crippen LogP contribution is 2.17. The van der Waals surface area contributed by atoms with Crippen molar-refractivity contribution in [1.29, 1.82) is 0 Å². The molecule has 13 heavy (non-hydrogen) atoms. The van der Waals surface area contributed by atoms with E-state index in [2.05, 4.69) is 26.9 Å². The summed E-state index contributed by atoms with van der Waals surface area (Å²) in [5.41, 5.74) is 14.3. The third-order valence-electron chi connectivity index (χ3n) is 1.23. The molecule has 0 saturated heterocycles. The van der Waals surface area contributed by atoms with E-state index in [9.17, 15) is 0 Å². The van der Waals surface area contributed by atoms with Gasteiger partial charge in [-0.3, -0.25) is 0 Å². The molecule has 0 atom stereocenters. The Morgan fingerprint density at radius 1 is 1.77 bits per heavy atom. The molecular weight excluding hydrogens is 186 g/mol. The smallest absolute Gasteiger partial charge is 0.181 e. The van der Waals surface area contributed by atoms with Gasteiger partial charge in [0.2, 0.25) is 0 Å². The average molecular weight is 193 g/mol. The molecule has 1 heterocycles. The second kappa shape index (κ2) is 4.36. The first-order valence-electron chi connectivity index (χ1n) is 3.46. The average Bonchev–Trinajstić information content (AvgIpc) is 2.39. The minimum Gasteiger partial charge on any atom is -0.375 e. The fourth-order valence-electron chi connectivity index (χ4n) is 0.720. The van der Waals surface area contributed by atoms with Crippen molar-refractivity contribution in [3.63, 3.8) is 0 Å². The zero-order valence-corrected chi connectivity index (χ0v) is 7.80. The van der Waals surface area contributed by atoms with Crippen molar-refractivity contribution in [3.8, 4) is 11.8 Å². The van der Waals surface area contributed by atoms with Gasteiger partial charge in [-0.15, -0.1) is 0 Å². The minimum absolute atomic E-state index is 0.174. The van der Waals surface area contributed by atoms with Crippen LogP contribution < -0.4 is 5.73 Å². The highest BCUT2D eigenvalue weighted by Gasteiger charge is 2.00. The van der Waals surface area contributed by atoms with Crippen molar-refractivity contribution < 1.29 is 0 Å². The minimum atomic E-state index is 0.174. The second-order valence-electron chi connectivity index (χ2n) is 2.16. The van der Waals surface area contributed by atoms with Crippen molar-refractivity contribution >= 4 is 16.5 Å². The number of hydrogen-bond acceptors (Lipinski definition) is 4. The Balaban J connectivity index is 2.76. The van der Waals surface area contributed by atoms with Crippen LogP contribution in [0.5, 0.6) is 0 Å². The van der Waals surface area contributed by atoms with E-state index in [4.69, 9.17) is 11.3 Å². The molecule has 5 nitrogen and oxygen atoms in total. The molecule has 0 aliphatic carbocycles. The lowest BCUT2D eigenvalue weighted by Crippen LogP contribution is -1.80. The van der Waals surface area contributed by atoms with Crippen LogP contribution >= 0.6 is 11.3 Å². The van der Waals surface area contributed by atoms with Crippen LogP contribution in [0.15, 0.2) is 5.11 Å². The Morgan fingerprint density at radius 3 is 3.08 bits per heavy atom. The molecule has 1 rings (SSSR count). The zero-order valence-electron chi connectivity index (χ0n) is 6.98. The molecule has 0 radical (unpaired) electrons. The standard InChI is InChI=1S/C7H7N5S/c1-5-6(13-7(8)11-5)3-2-4-10-12-9/h4H2,1H3,(H2,8,11). The molecule has 0 amide bonds. The predicted octanol–water partition coefficient (Wildman–Crippen LogP) is 1.70. The summed E-state index contributed by atoms with van der Waals surface area (Å²) in [7, 11) is 0. The number of azide groups is 1. The number of rotatable bonds is 1. The highest BCUT2D eigenvalue weighted by molar-refractivity contribution is 7.16. The number of nitrogen functional groups attached to an aromatic ring is 1. The van der Waals surface area contributed by atoms with Gasteiger partial charge in [0, 0.05) is 4.91 Å². The number of nitrogens with zero attached hydrogens (tertiary/aromatic N) is 4. The van der Waals surface area contributed by atoms with Gasteiger partial charge in [-0.25, -0.2) is 4.98 Å². The first-order chi connectivity index (χ1) is 6.24. The molecule has 1 aromatic heterocycles. The van der Waals surface area contributed by atoms with Crippen LogP contribution in [0.4, 0.5) is 5.13 Å². The van der Waals surface area contributed by atoms with Gasteiger partial charge in [-0.2, -0.15) is 0 Å². The highest BCUT2D eigenvalue weighted by atomic mass is 32.1. The maximum atomic E-state index is 7.98. The molecule has 6 heteroatoms. The van der Waals surface area contributed by atoms with E-state index in [0.717, 1.165) is 10.6 Å². The SMILES string of the molecule is Cc1nc(N)sc1C#CCN=[N+]=[N-]. The summed E-state index contributed by atoms with van der Waals surface area (Å²) in [5.74, 6) is 5.53. The van der Waals surface area contributed by atoms with Crippen molar-refractivity contribution in [3.05, 3.63) is 21.0 Å². The van der Waals surface area contributed by atoms with Crippen LogP contribution in [0.2, 0.25) is 0 Å². The van der Waals surface area contributed by atoms with Gasteiger partial charge in [0.05, 0.1) is 12.2 Å².